The largest absolute Gasteiger partial charge is 0.374 e. The quantitative estimate of drug-likeness (QED) is 0.105. The van der Waals surface area contributed by atoms with Crippen molar-refractivity contribution in [2.24, 2.45) is 0 Å². The molecule has 53 heavy (non-hydrogen) atoms. The SMILES string of the molecule is O=C1CCC(Nc2ccc(C3CCN(CCCCCCCNC(=O)c4cnn5ccc(N6CCCC6c6cc(F)ccc6F)nc45)CC3)cc2)C(=O)N1. The number of nitrogens with one attached hydrogen (secondary N) is 3. The van der Waals surface area contributed by atoms with Gasteiger partial charge in [0.2, 0.25) is 11.8 Å². The van der Waals surface area contributed by atoms with Crippen molar-refractivity contribution >= 4 is 34.9 Å². The molecule has 5 heterocycles. The fourth-order valence-corrected chi connectivity index (χ4v) is 7.98. The van der Waals surface area contributed by atoms with E-state index in [9.17, 15) is 23.2 Å². The highest BCUT2D eigenvalue weighted by atomic mass is 19.1. The first kappa shape index (κ1) is 36.4. The lowest BCUT2D eigenvalue weighted by atomic mass is 9.89. The van der Waals surface area contributed by atoms with Crippen LogP contribution in [0.25, 0.3) is 5.65 Å². The summed E-state index contributed by atoms with van der Waals surface area (Å²) in [6.45, 7) is 4.53. The minimum Gasteiger partial charge on any atom is -0.374 e. The number of aromatic nitrogens is 3. The number of amides is 3. The molecule has 0 spiro atoms. The maximum absolute atomic E-state index is 14.6. The summed E-state index contributed by atoms with van der Waals surface area (Å²) in [6.07, 6.45) is 13.3. The number of fused-ring (bicyclic) bond motifs is 1. The predicted molar refractivity (Wildman–Crippen MR) is 199 cm³/mol. The summed E-state index contributed by atoms with van der Waals surface area (Å²) in [5, 5.41) is 13.0. The molecule has 2 aromatic heterocycles. The van der Waals surface area contributed by atoms with Crippen molar-refractivity contribution < 1.29 is 23.2 Å². The summed E-state index contributed by atoms with van der Waals surface area (Å²) < 4.78 is 30.2. The third-order valence-electron chi connectivity index (χ3n) is 10.9. The van der Waals surface area contributed by atoms with Gasteiger partial charge in [-0.05, 0) is 112 Å². The lowest BCUT2D eigenvalue weighted by Crippen LogP contribution is -2.47. The zero-order valence-corrected chi connectivity index (χ0v) is 30.0. The van der Waals surface area contributed by atoms with Crippen molar-refractivity contribution in [2.75, 3.05) is 42.9 Å². The monoisotopic (exact) mass is 726 g/mol. The van der Waals surface area contributed by atoms with Crippen LogP contribution in [0.15, 0.2) is 60.9 Å². The number of imide groups is 1. The molecule has 11 nitrogen and oxygen atoms in total. The second-order valence-electron chi connectivity index (χ2n) is 14.5. The van der Waals surface area contributed by atoms with Gasteiger partial charge in [-0.2, -0.15) is 5.10 Å². The van der Waals surface area contributed by atoms with E-state index in [1.165, 1.54) is 23.9 Å². The predicted octanol–water partition coefficient (Wildman–Crippen LogP) is 6.13. The Hall–Kier alpha value is -4.91. The Morgan fingerprint density at radius 2 is 1.70 bits per heavy atom. The van der Waals surface area contributed by atoms with E-state index in [4.69, 9.17) is 4.98 Å². The number of unbranched alkanes of at least 4 members (excludes halogenated alkanes) is 4. The summed E-state index contributed by atoms with van der Waals surface area (Å²) in [6, 6.07) is 13.0. The van der Waals surface area contributed by atoms with Crippen molar-refractivity contribution in [3.63, 3.8) is 0 Å². The molecule has 3 amide bonds. The fourth-order valence-electron chi connectivity index (χ4n) is 7.98. The standard InChI is InChI=1S/C40H48F2N8O3/c41-29-10-13-33(42)31(25-29)35-7-6-21-49(35)36-18-24-50-38(46-36)32(26-44-50)39(52)43-19-4-2-1-3-5-20-48-22-16-28(17-23-48)27-8-11-30(12-9-27)45-34-14-15-37(51)47-40(34)53/h8-13,18,24-26,28,34-35,45H,1-7,14-17,19-23H2,(H,43,52)(H,47,51,53). The van der Waals surface area contributed by atoms with Gasteiger partial charge in [-0.15, -0.1) is 0 Å². The maximum atomic E-state index is 14.6. The highest BCUT2D eigenvalue weighted by Gasteiger charge is 2.31. The van der Waals surface area contributed by atoms with Gasteiger partial charge in [0.05, 0.1) is 12.2 Å². The highest BCUT2D eigenvalue weighted by molar-refractivity contribution is 6.01. The number of rotatable bonds is 14. The van der Waals surface area contributed by atoms with Crippen LogP contribution < -0.4 is 20.9 Å². The number of anilines is 2. The van der Waals surface area contributed by atoms with Crippen LogP contribution in [0.2, 0.25) is 0 Å². The van der Waals surface area contributed by atoms with Crippen LogP contribution in [0.1, 0.15) is 104 Å². The third-order valence-corrected chi connectivity index (χ3v) is 10.9. The van der Waals surface area contributed by atoms with Crippen molar-refractivity contribution in [1.29, 1.82) is 0 Å². The van der Waals surface area contributed by atoms with Gasteiger partial charge in [0.15, 0.2) is 5.65 Å². The molecular weight excluding hydrogens is 678 g/mol. The number of piperidine rings is 2. The molecule has 13 heteroatoms. The van der Waals surface area contributed by atoms with Gasteiger partial charge >= 0.3 is 0 Å². The number of hydrogen-bond acceptors (Lipinski definition) is 8. The summed E-state index contributed by atoms with van der Waals surface area (Å²) in [5.74, 6) is -0.438. The zero-order chi connectivity index (χ0) is 36.7. The summed E-state index contributed by atoms with van der Waals surface area (Å²) >= 11 is 0. The Morgan fingerprint density at radius 1 is 0.906 bits per heavy atom. The number of carbonyl (C=O) groups excluding carboxylic acids is 3. The Bertz CT molecular complexity index is 1910. The van der Waals surface area contributed by atoms with E-state index in [-0.39, 0.29) is 29.8 Å². The van der Waals surface area contributed by atoms with Crippen molar-refractivity contribution in [3.8, 4) is 0 Å². The number of benzene rings is 2. The topological polar surface area (TPSA) is 124 Å². The molecule has 4 aromatic rings. The van der Waals surface area contributed by atoms with Crippen LogP contribution in [0.3, 0.4) is 0 Å². The molecule has 280 valence electrons. The molecule has 0 saturated carbocycles. The first-order valence-electron chi connectivity index (χ1n) is 19.1. The summed E-state index contributed by atoms with van der Waals surface area (Å²) in [7, 11) is 0. The highest BCUT2D eigenvalue weighted by Crippen LogP contribution is 2.37. The number of hydrogen-bond donors (Lipinski definition) is 3. The molecule has 2 atom stereocenters. The van der Waals surface area contributed by atoms with E-state index < -0.39 is 11.6 Å². The first-order chi connectivity index (χ1) is 25.8. The van der Waals surface area contributed by atoms with Gasteiger partial charge in [0.25, 0.3) is 5.91 Å². The molecule has 3 aliphatic rings. The van der Waals surface area contributed by atoms with E-state index in [1.807, 2.05) is 17.0 Å². The molecule has 3 saturated heterocycles. The van der Waals surface area contributed by atoms with Crippen molar-refractivity contribution in [3.05, 3.63) is 89.2 Å². The van der Waals surface area contributed by atoms with Crippen LogP contribution in [0.4, 0.5) is 20.3 Å². The average Bonchev–Trinajstić information content (AvgIpc) is 3.83. The van der Waals surface area contributed by atoms with E-state index in [0.717, 1.165) is 82.8 Å². The van der Waals surface area contributed by atoms with Crippen LogP contribution in [-0.4, -0.2) is 76.0 Å². The minimum absolute atomic E-state index is 0.206. The van der Waals surface area contributed by atoms with Crippen LogP contribution in [-0.2, 0) is 9.59 Å². The van der Waals surface area contributed by atoms with Gasteiger partial charge in [0.1, 0.15) is 29.1 Å². The molecule has 0 aliphatic carbocycles. The van der Waals surface area contributed by atoms with Crippen LogP contribution in [0, 0.1) is 11.6 Å². The molecule has 3 N–H and O–H groups in total. The molecule has 3 fully saturated rings. The van der Waals surface area contributed by atoms with E-state index >= 15 is 0 Å². The summed E-state index contributed by atoms with van der Waals surface area (Å²) in [4.78, 5) is 45.9. The molecule has 2 aromatic carbocycles. The van der Waals surface area contributed by atoms with Crippen molar-refractivity contribution in [2.45, 2.75) is 88.6 Å². The lowest BCUT2D eigenvalue weighted by Gasteiger charge is -2.32. The number of halogens is 2. The normalized spacial score (nSPS) is 19.8. The Morgan fingerprint density at radius 3 is 2.51 bits per heavy atom. The average molecular weight is 727 g/mol. The Kier molecular flexibility index (Phi) is 11.6. The van der Waals surface area contributed by atoms with Crippen LogP contribution in [0.5, 0.6) is 0 Å². The number of carbonyl (C=O) groups is 3. The molecule has 2 unspecified atom stereocenters. The Labute approximate surface area is 308 Å². The van der Waals surface area contributed by atoms with E-state index in [1.54, 1.807) is 16.8 Å². The lowest BCUT2D eigenvalue weighted by molar-refractivity contribution is -0.133. The zero-order valence-electron chi connectivity index (χ0n) is 30.0. The molecule has 3 aliphatic heterocycles. The fraction of sp³-hybridized carbons (Fsp3) is 0.475. The van der Waals surface area contributed by atoms with Gasteiger partial charge < -0.3 is 20.4 Å². The van der Waals surface area contributed by atoms with E-state index in [2.05, 4.69) is 38.1 Å². The van der Waals surface area contributed by atoms with Gasteiger partial charge in [-0.3, -0.25) is 19.7 Å². The first-order valence-corrected chi connectivity index (χ1v) is 19.1. The summed E-state index contributed by atoms with van der Waals surface area (Å²) in [5.41, 5.74) is 3.38. The third kappa shape index (κ3) is 8.84. The molecule has 7 rings (SSSR count). The van der Waals surface area contributed by atoms with Gasteiger partial charge in [-0.1, -0.05) is 31.4 Å². The maximum Gasteiger partial charge on any atom is 0.256 e. The second kappa shape index (κ2) is 16.8. The molecule has 0 bridgehead atoms. The van der Waals surface area contributed by atoms with Crippen LogP contribution >= 0.6 is 0 Å². The Balaban J connectivity index is 0.786. The number of likely N-dealkylation sites (tertiary alicyclic amines) is 1. The smallest absolute Gasteiger partial charge is 0.256 e. The van der Waals surface area contributed by atoms with Gasteiger partial charge in [-0.25, -0.2) is 18.3 Å². The second-order valence-corrected chi connectivity index (χ2v) is 14.5. The molecule has 0 radical (unpaired) electrons. The minimum atomic E-state index is -0.469. The van der Waals surface area contributed by atoms with Crippen molar-refractivity contribution in [1.82, 2.24) is 30.1 Å². The molecular formula is C40H48F2N8O3. The van der Waals surface area contributed by atoms with Gasteiger partial charge in [0, 0.05) is 37.0 Å². The van der Waals surface area contributed by atoms with E-state index in [0.29, 0.717) is 60.9 Å². The number of nitrogens with zero attached hydrogens (tertiary/aromatic N) is 5.